The Kier molecular flexibility index (Phi) is 6.37. The van der Waals surface area contributed by atoms with Crippen LogP contribution >= 0.6 is 0 Å². The van der Waals surface area contributed by atoms with Crippen molar-refractivity contribution in [2.45, 2.75) is 26.7 Å². The van der Waals surface area contributed by atoms with Crippen LogP contribution in [0.25, 0.3) is 11.3 Å². The number of aromatic nitrogens is 2. The lowest BCUT2D eigenvalue weighted by molar-refractivity contribution is -0.119. The number of nitrogens with one attached hydrogen (secondary N) is 1. The van der Waals surface area contributed by atoms with Gasteiger partial charge < -0.3 is 10.1 Å². The number of ether oxygens (including phenoxy) is 1. The fraction of sp³-hybridized carbons (Fsp3) is 0.261. The number of methoxy groups -OCH3 is 1. The number of carbonyl (C=O) groups is 1. The second-order valence-corrected chi connectivity index (χ2v) is 6.74. The fourth-order valence-electron chi connectivity index (χ4n) is 2.77. The van der Waals surface area contributed by atoms with E-state index in [1.54, 1.807) is 13.3 Å². The van der Waals surface area contributed by atoms with Gasteiger partial charge in [-0.15, -0.1) is 0 Å². The highest BCUT2D eigenvalue weighted by Gasteiger charge is 2.16. The molecular weight excluding hydrogens is 350 g/mol. The molecule has 0 fully saturated rings. The highest BCUT2D eigenvalue weighted by molar-refractivity contribution is 5.92. The van der Waals surface area contributed by atoms with Gasteiger partial charge in [0.25, 0.3) is 0 Å². The second kappa shape index (κ2) is 9.13. The van der Waals surface area contributed by atoms with Gasteiger partial charge in [-0.3, -0.25) is 4.79 Å². The van der Waals surface area contributed by atoms with E-state index in [2.05, 4.69) is 10.3 Å². The number of hydrogen-bond donors (Lipinski definition) is 1. The van der Waals surface area contributed by atoms with E-state index in [0.29, 0.717) is 12.2 Å². The Labute approximate surface area is 165 Å². The van der Waals surface area contributed by atoms with E-state index in [9.17, 15) is 4.79 Å². The summed E-state index contributed by atoms with van der Waals surface area (Å²) in [6, 6.07) is 17.7. The van der Waals surface area contributed by atoms with Crippen LogP contribution in [-0.2, 0) is 11.2 Å². The third-order valence-electron chi connectivity index (χ3n) is 4.75. The van der Waals surface area contributed by atoms with E-state index < -0.39 is 0 Å². The Hall–Kier alpha value is -3.21. The molecule has 1 unspecified atom stereocenters. The lowest BCUT2D eigenvalue weighted by Gasteiger charge is -2.14. The molecule has 2 aromatic carbocycles. The summed E-state index contributed by atoms with van der Waals surface area (Å²) in [4.78, 5) is 21.7. The molecule has 0 aliphatic carbocycles. The molecule has 0 bridgehead atoms. The summed E-state index contributed by atoms with van der Waals surface area (Å²) in [5, 5.41) is 2.95. The molecule has 1 amide bonds. The Morgan fingerprint density at radius 2 is 1.82 bits per heavy atom. The molecule has 0 spiro atoms. The van der Waals surface area contributed by atoms with Crippen molar-refractivity contribution in [1.29, 1.82) is 0 Å². The minimum Gasteiger partial charge on any atom is -0.497 e. The molecule has 1 aromatic heterocycles. The van der Waals surface area contributed by atoms with Crippen molar-refractivity contribution in [1.82, 2.24) is 9.97 Å². The van der Waals surface area contributed by atoms with Crippen LogP contribution in [-0.4, -0.2) is 23.0 Å². The van der Waals surface area contributed by atoms with Gasteiger partial charge in [0.05, 0.1) is 24.7 Å². The van der Waals surface area contributed by atoms with Gasteiger partial charge >= 0.3 is 0 Å². The zero-order valence-corrected chi connectivity index (χ0v) is 16.5. The van der Waals surface area contributed by atoms with E-state index in [0.717, 1.165) is 34.7 Å². The van der Waals surface area contributed by atoms with Crippen molar-refractivity contribution in [2.75, 3.05) is 12.4 Å². The van der Waals surface area contributed by atoms with Gasteiger partial charge in [-0.2, -0.15) is 0 Å². The third-order valence-corrected chi connectivity index (χ3v) is 4.75. The van der Waals surface area contributed by atoms with Gasteiger partial charge in [-0.1, -0.05) is 44.2 Å². The second-order valence-electron chi connectivity index (χ2n) is 6.74. The standard InChI is InChI=1S/C23H25N3O2/c1-4-16(2)23(27)26-22-20(14-17-8-6-5-7-9-17)25-21(15-24-22)18-10-12-19(28-3)13-11-18/h5-13,15-16H,4,14H2,1-3H3,(H,24,26,27). The zero-order valence-electron chi connectivity index (χ0n) is 16.5. The van der Waals surface area contributed by atoms with E-state index in [1.165, 1.54) is 0 Å². The van der Waals surface area contributed by atoms with Crippen LogP contribution in [0.1, 0.15) is 31.5 Å². The highest BCUT2D eigenvalue weighted by Crippen LogP contribution is 2.24. The van der Waals surface area contributed by atoms with Crippen molar-refractivity contribution in [2.24, 2.45) is 5.92 Å². The molecule has 0 aliphatic rings. The predicted molar refractivity (Wildman–Crippen MR) is 111 cm³/mol. The molecule has 0 radical (unpaired) electrons. The molecule has 5 heteroatoms. The average molecular weight is 375 g/mol. The molecule has 0 aliphatic heterocycles. The number of amides is 1. The normalized spacial score (nSPS) is 11.7. The van der Waals surface area contributed by atoms with Crippen LogP contribution in [0.3, 0.4) is 0 Å². The van der Waals surface area contributed by atoms with Gasteiger partial charge in [0, 0.05) is 17.9 Å². The molecule has 28 heavy (non-hydrogen) atoms. The molecule has 144 valence electrons. The number of rotatable bonds is 7. The van der Waals surface area contributed by atoms with Crippen molar-refractivity contribution >= 4 is 11.7 Å². The van der Waals surface area contributed by atoms with Crippen molar-refractivity contribution < 1.29 is 9.53 Å². The quantitative estimate of drug-likeness (QED) is 0.648. The summed E-state index contributed by atoms with van der Waals surface area (Å²) in [6.07, 6.45) is 3.06. The summed E-state index contributed by atoms with van der Waals surface area (Å²) in [7, 11) is 1.64. The summed E-state index contributed by atoms with van der Waals surface area (Å²) >= 11 is 0. The highest BCUT2D eigenvalue weighted by atomic mass is 16.5. The van der Waals surface area contributed by atoms with Gasteiger partial charge in [0.1, 0.15) is 5.75 Å². The Bertz CT molecular complexity index is 924. The van der Waals surface area contributed by atoms with Gasteiger partial charge in [-0.05, 0) is 36.2 Å². The topological polar surface area (TPSA) is 64.1 Å². The van der Waals surface area contributed by atoms with Gasteiger partial charge in [-0.25, -0.2) is 9.97 Å². The number of anilines is 1. The van der Waals surface area contributed by atoms with Crippen molar-refractivity contribution in [3.05, 3.63) is 72.1 Å². The molecule has 1 heterocycles. The maximum atomic E-state index is 12.4. The van der Waals surface area contributed by atoms with Crippen LogP contribution in [0.5, 0.6) is 5.75 Å². The molecule has 1 atom stereocenters. The predicted octanol–water partition coefficient (Wildman–Crippen LogP) is 4.73. The first-order chi connectivity index (χ1) is 13.6. The van der Waals surface area contributed by atoms with E-state index in [-0.39, 0.29) is 11.8 Å². The van der Waals surface area contributed by atoms with Gasteiger partial charge in [0.15, 0.2) is 5.82 Å². The Morgan fingerprint density at radius 3 is 2.46 bits per heavy atom. The molecule has 1 N–H and O–H groups in total. The first kappa shape index (κ1) is 19.5. The summed E-state index contributed by atoms with van der Waals surface area (Å²) in [6.45, 7) is 3.90. The van der Waals surface area contributed by atoms with Crippen molar-refractivity contribution in [3.8, 4) is 17.0 Å². The van der Waals surface area contributed by atoms with Crippen molar-refractivity contribution in [3.63, 3.8) is 0 Å². The minimum atomic E-state index is -0.0763. The lowest BCUT2D eigenvalue weighted by Crippen LogP contribution is -2.21. The van der Waals surface area contributed by atoms with E-state index >= 15 is 0 Å². The zero-order chi connectivity index (χ0) is 19.9. The SMILES string of the molecule is CCC(C)C(=O)Nc1ncc(-c2ccc(OC)cc2)nc1Cc1ccccc1. The number of benzene rings is 2. The Morgan fingerprint density at radius 1 is 1.11 bits per heavy atom. The van der Waals surface area contributed by atoms with Crippen LogP contribution in [0.15, 0.2) is 60.8 Å². The van der Waals surface area contributed by atoms with Crippen LogP contribution in [0.4, 0.5) is 5.82 Å². The molecule has 5 nitrogen and oxygen atoms in total. The van der Waals surface area contributed by atoms with Crippen LogP contribution < -0.4 is 10.1 Å². The summed E-state index contributed by atoms with van der Waals surface area (Å²) in [5.41, 5.74) is 3.57. The first-order valence-electron chi connectivity index (χ1n) is 9.45. The molecule has 3 rings (SSSR count). The summed E-state index contributed by atoms with van der Waals surface area (Å²) < 4.78 is 5.22. The summed E-state index contributed by atoms with van der Waals surface area (Å²) in [5.74, 6) is 1.20. The number of hydrogen-bond acceptors (Lipinski definition) is 4. The molecule has 0 saturated carbocycles. The van der Waals surface area contributed by atoms with E-state index in [1.807, 2.05) is 68.4 Å². The first-order valence-corrected chi connectivity index (χ1v) is 9.45. The average Bonchev–Trinajstić information content (AvgIpc) is 2.75. The maximum absolute atomic E-state index is 12.4. The largest absolute Gasteiger partial charge is 0.497 e. The lowest BCUT2D eigenvalue weighted by atomic mass is 10.1. The number of carbonyl (C=O) groups excluding carboxylic acids is 1. The third kappa shape index (κ3) is 4.74. The minimum absolute atomic E-state index is 0.0386. The number of nitrogens with zero attached hydrogens (tertiary/aromatic N) is 2. The maximum Gasteiger partial charge on any atom is 0.228 e. The van der Waals surface area contributed by atoms with E-state index in [4.69, 9.17) is 9.72 Å². The molecule has 3 aromatic rings. The smallest absolute Gasteiger partial charge is 0.228 e. The van der Waals surface area contributed by atoms with Gasteiger partial charge in [0.2, 0.25) is 5.91 Å². The van der Waals surface area contributed by atoms with Crippen LogP contribution in [0, 0.1) is 5.92 Å². The molecular formula is C23H25N3O2. The monoisotopic (exact) mass is 375 g/mol. The fourth-order valence-corrected chi connectivity index (χ4v) is 2.77. The Balaban J connectivity index is 1.95. The van der Waals surface area contributed by atoms with Crippen LogP contribution in [0.2, 0.25) is 0 Å². The molecule has 0 saturated heterocycles.